The Kier molecular flexibility index (Phi) is 4.86. The van der Waals surface area contributed by atoms with Crippen LogP contribution in [0.25, 0.3) is 0 Å². The number of hydrogen-bond donors (Lipinski definition) is 2. The van der Waals surface area contributed by atoms with E-state index in [4.69, 9.17) is 9.15 Å². The third-order valence-electron chi connectivity index (χ3n) is 2.54. The third-order valence-corrected chi connectivity index (χ3v) is 4.78. The highest BCUT2D eigenvalue weighted by atomic mass is 79.9. The van der Waals surface area contributed by atoms with Gasteiger partial charge in [-0.2, -0.15) is 0 Å². The number of aromatic nitrogens is 1. The number of anilines is 1. The van der Waals surface area contributed by atoms with Crippen LogP contribution in [0.15, 0.2) is 38.4 Å². The molecule has 0 amide bonds. The molecule has 0 atom stereocenters. The van der Waals surface area contributed by atoms with Crippen molar-refractivity contribution in [1.82, 2.24) is 10.3 Å². The second kappa shape index (κ2) is 6.46. The molecule has 0 aliphatic rings. The molecular weight excluding hydrogens is 362 g/mol. The Morgan fingerprint density at radius 2 is 2.19 bits per heavy atom. The zero-order valence-electron chi connectivity index (χ0n) is 11.4. The van der Waals surface area contributed by atoms with Gasteiger partial charge in [0.1, 0.15) is 10.7 Å². The monoisotopic (exact) mass is 375 g/mol. The van der Waals surface area contributed by atoms with Crippen LogP contribution in [0.2, 0.25) is 0 Å². The predicted octanol–water partition coefficient (Wildman–Crippen LogP) is 1.97. The van der Waals surface area contributed by atoms with Crippen molar-refractivity contribution in [1.29, 1.82) is 0 Å². The Bertz CT molecular complexity index is 713. The fourth-order valence-corrected chi connectivity index (χ4v) is 3.66. The average Bonchev–Trinajstić information content (AvgIpc) is 2.81. The van der Waals surface area contributed by atoms with Gasteiger partial charge in [0.25, 0.3) is 10.0 Å². The smallest absolute Gasteiger partial charge is 0.266 e. The first-order chi connectivity index (χ1) is 9.96. The Morgan fingerprint density at radius 3 is 2.76 bits per heavy atom. The van der Waals surface area contributed by atoms with E-state index in [9.17, 15) is 8.42 Å². The maximum absolute atomic E-state index is 12.3. The molecule has 0 saturated heterocycles. The molecule has 0 bridgehead atoms. The quantitative estimate of drug-likeness (QED) is 0.801. The molecule has 7 nitrogen and oxygen atoms in total. The lowest BCUT2D eigenvalue weighted by Crippen LogP contribution is -2.13. The van der Waals surface area contributed by atoms with Gasteiger partial charge in [-0.25, -0.2) is 13.4 Å². The first-order valence-electron chi connectivity index (χ1n) is 5.92. The van der Waals surface area contributed by atoms with Crippen LogP contribution in [0, 0.1) is 0 Å². The number of methoxy groups -OCH3 is 1. The van der Waals surface area contributed by atoms with Gasteiger partial charge in [0.05, 0.1) is 25.5 Å². The van der Waals surface area contributed by atoms with Crippen LogP contribution in [0.3, 0.4) is 0 Å². The summed E-state index contributed by atoms with van der Waals surface area (Å²) in [5.74, 6) is 0.913. The van der Waals surface area contributed by atoms with E-state index < -0.39 is 10.0 Å². The summed E-state index contributed by atoms with van der Waals surface area (Å²) in [4.78, 5) is 3.97. The van der Waals surface area contributed by atoms with Gasteiger partial charge >= 0.3 is 0 Å². The Balaban J connectivity index is 2.24. The minimum atomic E-state index is -3.76. The topological polar surface area (TPSA) is 93.5 Å². The Labute approximate surface area is 130 Å². The van der Waals surface area contributed by atoms with Crippen LogP contribution in [0.1, 0.15) is 5.76 Å². The molecule has 114 valence electrons. The van der Waals surface area contributed by atoms with E-state index in [0.717, 1.165) is 0 Å². The number of halogens is 1. The van der Waals surface area contributed by atoms with Crippen molar-refractivity contribution in [2.45, 2.75) is 11.4 Å². The van der Waals surface area contributed by atoms with Crippen LogP contribution in [-0.4, -0.2) is 27.6 Å². The van der Waals surface area contributed by atoms with Crippen molar-refractivity contribution < 1.29 is 17.6 Å². The van der Waals surface area contributed by atoms with Crippen molar-refractivity contribution in [3.63, 3.8) is 0 Å². The number of sulfonamides is 1. The van der Waals surface area contributed by atoms with Gasteiger partial charge < -0.3 is 14.5 Å². The van der Waals surface area contributed by atoms with Crippen molar-refractivity contribution >= 4 is 31.6 Å². The second-order valence-electron chi connectivity index (χ2n) is 4.08. The molecule has 9 heteroatoms. The Morgan fingerprint density at radius 1 is 1.43 bits per heavy atom. The van der Waals surface area contributed by atoms with E-state index in [-0.39, 0.29) is 9.56 Å². The first-order valence-corrected chi connectivity index (χ1v) is 8.19. The van der Waals surface area contributed by atoms with Crippen LogP contribution in [0.5, 0.6) is 5.88 Å². The molecule has 0 unspecified atom stereocenters. The third kappa shape index (κ3) is 3.74. The summed E-state index contributed by atoms with van der Waals surface area (Å²) in [6.07, 6.45) is 1.37. The molecule has 0 radical (unpaired) electrons. The molecule has 0 aliphatic heterocycles. The van der Waals surface area contributed by atoms with Gasteiger partial charge in [0, 0.05) is 12.1 Å². The number of ether oxygens (including phenoxy) is 1. The van der Waals surface area contributed by atoms with Gasteiger partial charge in [0.2, 0.25) is 5.88 Å². The summed E-state index contributed by atoms with van der Waals surface area (Å²) in [7, 11) is -0.534. The summed E-state index contributed by atoms with van der Waals surface area (Å²) in [6, 6.07) is 4.58. The largest absolute Gasteiger partial charge is 0.481 e. The highest BCUT2D eigenvalue weighted by molar-refractivity contribution is 9.10. The van der Waals surface area contributed by atoms with Gasteiger partial charge in [-0.1, -0.05) is 0 Å². The minimum Gasteiger partial charge on any atom is -0.481 e. The summed E-state index contributed by atoms with van der Waals surface area (Å²) in [5, 5.41) is 2.88. The molecule has 2 rings (SSSR count). The number of nitrogens with zero attached hydrogens (tertiary/aromatic N) is 1. The van der Waals surface area contributed by atoms with Gasteiger partial charge in [-0.05, 0) is 29.0 Å². The first kappa shape index (κ1) is 15.8. The maximum atomic E-state index is 12.3. The van der Waals surface area contributed by atoms with Gasteiger partial charge in [-0.15, -0.1) is 0 Å². The molecule has 0 aliphatic carbocycles. The number of furan rings is 1. The van der Waals surface area contributed by atoms with E-state index in [1.54, 1.807) is 19.2 Å². The average molecular weight is 376 g/mol. The van der Waals surface area contributed by atoms with E-state index >= 15 is 0 Å². The van der Waals surface area contributed by atoms with Crippen LogP contribution in [-0.2, 0) is 16.6 Å². The molecule has 0 spiro atoms. The van der Waals surface area contributed by atoms with Crippen LogP contribution < -0.4 is 14.8 Å². The zero-order chi connectivity index (χ0) is 15.5. The normalized spacial score (nSPS) is 11.4. The molecule has 0 fully saturated rings. The van der Waals surface area contributed by atoms with Gasteiger partial charge in [0.15, 0.2) is 4.67 Å². The zero-order valence-corrected chi connectivity index (χ0v) is 13.8. The number of pyridine rings is 1. The fraction of sp³-hybridized carbons (Fsp3) is 0.250. The number of rotatable bonds is 6. The number of hydrogen-bond acceptors (Lipinski definition) is 6. The van der Waals surface area contributed by atoms with E-state index in [2.05, 4.69) is 31.0 Å². The fourth-order valence-electron chi connectivity index (χ4n) is 1.61. The van der Waals surface area contributed by atoms with Crippen molar-refractivity contribution in [3.8, 4) is 5.88 Å². The molecule has 2 aromatic heterocycles. The lowest BCUT2D eigenvalue weighted by molar-refractivity contribution is 0.398. The molecular formula is C12H14BrN3O4S. The molecule has 21 heavy (non-hydrogen) atoms. The van der Waals surface area contributed by atoms with E-state index in [1.807, 2.05) is 0 Å². The minimum absolute atomic E-state index is 0.0311. The number of nitrogens with one attached hydrogen (secondary N) is 2. The summed E-state index contributed by atoms with van der Waals surface area (Å²) < 4.78 is 37.4. The lowest BCUT2D eigenvalue weighted by Gasteiger charge is -2.06. The maximum Gasteiger partial charge on any atom is 0.266 e. The van der Waals surface area contributed by atoms with Crippen molar-refractivity contribution in [3.05, 3.63) is 34.8 Å². The van der Waals surface area contributed by atoms with E-state index in [0.29, 0.717) is 23.9 Å². The summed E-state index contributed by atoms with van der Waals surface area (Å²) in [6.45, 7) is 0.429. The highest BCUT2D eigenvalue weighted by Crippen LogP contribution is 2.28. The van der Waals surface area contributed by atoms with Crippen molar-refractivity contribution in [2.75, 3.05) is 18.9 Å². The molecule has 0 saturated carbocycles. The Hall–Kier alpha value is -1.58. The van der Waals surface area contributed by atoms with Crippen LogP contribution >= 0.6 is 15.9 Å². The SMILES string of the molecule is CNCc1cc(S(=O)(=O)Nc2ccc(OC)nc2)c(Br)o1. The second-order valence-corrected chi connectivity index (χ2v) is 6.45. The van der Waals surface area contributed by atoms with Crippen LogP contribution in [0.4, 0.5) is 5.69 Å². The van der Waals surface area contributed by atoms with E-state index in [1.165, 1.54) is 19.4 Å². The lowest BCUT2D eigenvalue weighted by atomic mass is 10.4. The summed E-state index contributed by atoms with van der Waals surface area (Å²) >= 11 is 3.11. The molecule has 2 heterocycles. The predicted molar refractivity (Wildman–Crippen MR) is 80.8 cm³/mol. The standard InChI is InChI=1S/C12H14BrN3O4S/c1-14-7-9-5-10(12(13)20-9)21(17,18)16-8-3-4-11(19-2)15-6-8/h3-6,14,16H,7H2,1-2H3. The highest BCUT2D eigenvalue weighted by Gasteiger charge is 2.22. The molecule has 0 aromatic carbocycles. The van der Waals surface area contributed by atoms with Crippen molar-refractivity contribution in [2.24, 2.45) is 0 Å². The molecule has 2 aromatic rings. The summed E-state index contributed by atoms with van der Waals surface area (Å²) in [5.41, 5.74) is 0.332. The molecule has 2 N–H and O–H groups in total. The van der Waals surface area contributed by atoms with Gasteiger partial charge in [-0.3, -0.25) is 4.72 Å².